The number of halogens is 1. The Labute approximate surface area is 170 Å². The molecule has 1 heterocycles. The molecule has 1 aromatic heterocycles. The summed E-state index contributed by atoms with van der Waals surface area (Å²) in [6.45, 7) is 1.66. The highest BCUT2D eigenvalue weighted by Gasteiger charge is 2.11. The Morgan fingerprint density at radius 2 is 1.57 bits per heavy atom. The van der Waals surface area contributed by atoms with Crippen molar-refractivity contribution in [2.75, 3.05) is 6.61 Å². The molecular formula is C24H23ClN2O. The predicted molar refractivity (Wildman–Crippen MR) is 115 cm³/mol. The number of hydrogen-bond acceptors (Lipinski definition) is 2. The SMILES string of the molecule is Clc1ccc(Cc2nc3ccccc3n2CCCCOc2ccccc2)cc1. The molecule has 0 N–H and O–H groups in total. The maximum absolute atomic E-state index is 6.02. The van der Waals surface area contributed by atoms with Gasteiger partial charge >= 0.3 is 0 Å². The summed E-state index contributed by atoms with van der Waals surface area (Å²) in [5.74, 6) is 2.02. The van der Waals surface area contributed by atoms with Gasteiger partial charge in [-0.25, -0.2) is 4.98 Å². The molecule has 0 atom stereocenters. The molecule has 0 aliphatic carbocycles. The zero-order chi connectivity index (χ0) is 19.2. The normalized spacial score (nSPS) is 11.0. The number of aromatic nitrogens is 2. The van der Waals surface area contributed by atoms with E-state index < -0.39 is 0 Å². The second kappa shape index (κ2) is 8.94. The topological polar surface area (TPSA) is 27.1 Å². The van der Waals surface area contributed by atoms with Gasteiger partial charge in [-0.3, -0.25) is 0 Å². The van der Waals surface area contributed by atoms with Gasteiger partial charge in [0.25, 0.3) is 0 Å². The Bertz CT molecular complexity index is 1030. The van der Waals surface area contributed by atoms with Crippen LogP contribution in [-0.4, -0.2) is 16.2 Å². The Morgan fingerprint density at radius 3 is 2.39 bits per heavy atom. The Balaban J connectivity index is 1.43. The van der Waals surface area contributed by atoms with E-state index in [1.807, 2.05) is 48.5 Å². The van der Waals surface area contributed by atoms with Gasteiger partial charge < -0.3 is 9.30 Å². The highest BCUT2D eigenvalue weighted by Crippen LogP contribution is 2.20. The van der Waals surface area contributed by atoms with Crippen LogP contribution in [0.2, 0.25) is 5.02 Å². The third kappa shape index (κ3) is 4.55. The Kier molecular flexibility index (Phi) is 5.93. The van der Waals surface area contributed by atoms with E-state index in [-0.39, 0.29) is 0 Å². The first-order valence-electron chi connectivity index (χ1n) is 9.66. The zero-order valence-corrected chi connectivity index (χ0v) is 16.5. The third-order valence-electron chi connectivity index (χ3n) is 4.80. The van der Waals surface area contributed by atoms with Crippen LogP contribution in [0.1, 0.15) is 24.2 Å². The highest BCUT2D eigenvalue weighted by atomic mass is 35.5. The molecule has 4 rings (SSSR count). The number of rotatable bonds is 8. The second-order valence-electron chi connectivity index (χ2n) is 6.84. The van der Waals surface area contributed by atoms with Gasteiger partial charge in [0, 0.05) is 18.0 Å². The number of ether oxygens (including phenoxy) is 1. The lowest BCUT2D eigenvalue weighted by molar-refractivity contribution is 0.303. The zero-order valence-electron chi connectivity index (χ0n) is 15.7. The number of aryl methyl sites for hydroxylation is 1. The number of nitrogens with zero attached hydrogens (tertiary/aromatic N) is 2. The van der Waals surface area contributed by atoms with Crippen LogP contribution >= 0.6 is 11.6 Å². The van der Waals surface area contributed by atoms with Gasteiger partial charge in [-0.1, -0.05) is 54.1 Å². The standard InChI is InChI=1S/C24H23ClN2O/c25-20-14-12-19(13-15-20)18-24-26-22-10-4-5-11-23(22)27(24)16-6-7-17-28-21-8-2-1-3-9-21/h1-5,8-15H,6-7,16-18H2. The molecule has 0 unspecified atom stereocenters. The first kappa shape index (κ1) is 18.6. The van der Waals surface area contributed by atoms with Crippen molar-refractivity contribution in [1.82, 2.24) is 9.55 Å². The molecular weight excluding hydrogens is 368 g/mol. The molecule has 28 heavy (non-hydrogen) atoms. The minimum absolute atomic E-state index is 0.725. The smallest absolute Gasteiger partial charge is 0.119 e. The maximum Gasteiger partial charge on any atom is 0.119 e. The van der Waals surface area contributed by atoms with Crippen LogP contribution in [0, 0.1) is 0 Å². The van der Waals surface area contributed by atoms with Gasteiger partial charge in [0.2, 0.25) is 0 Å². The summed E-state index contributed by atoms with van der Waals surface area (Å²) in [5, 5.41) is 0.760. The molecule has 0 fully saturated rings. The Morgan fingerprint density at radius 1 is 0.821 bits per heavy atom. The van der Waals surface area contributed by atoms with Gasteiger partial charge in [0.1, 0.15) is 11.6 Å². The quantitative estimate of drug-likeness (QED) is 0.338. The summed E-state index contributed by atoms with van der Waals surface area (Å²) in [6, 6.07) is 26.3. The largest absolute Gasteiger partial charge is 0.494 e. The van der Waals surface area contributed by atoms with Crippen LogP contribution in [0.5, 0.6) is 5.75 Å². The fourth-order valence-electron chi connectivity index (χ4n) is 3.37. The molecule has 0 saturated heterocycles. The van der Waals surface area contributed by atoms with E-state index >= 15 is 0 Å². The lowest BCUT2D eigenvalue weighted by Gasteiger charge is -2.10. The van der Waals surface area contributed by atoms with Crippen molar-refractivity contribution in [2.24, 2.45) is 0 Å². The molecule has 4 aromatic rings. The van der Waals surface area contributed by atoms with Crippen LogP contribution in [0.15, 0.2) is 78.9 Å². The lowest BCUT2D eigenvalue weighted by Crippen LogP contribution is -2.06. The lowest BCUT2D eigenvalue weighted by atomic mass is 10.1. The highest BCUT2D eigenvalue weighted by molar-refractivity contribution is 6.30. The summed E-state index contributed by atoms with van der Waals surface area (Å²) in [6.07, 6.45) is 2.84. The van der Waals surface area contributed by atoms with Gasteiger partial charge in [-0.15, -0.1) is 0 Å². The number of para-hydroxylation sites is 3. The molecule has 0 aliphatic rings. The van der Waals surface area contributed by atoms with Crippen molar-refractivity contribution in [3.8, 4) is 5.75 Å². The number of benzene rings is 3. The number of unbranched alkanes of at least 4 members (excludes halogenated alkanes) is 1. The molecule has 0 saturated carbocycles. The average Bonchev–Trinajstić information content (AvgIpc) is 3.07. The Hall–Kier alpha value is -2.78. The summed E-state index contributed by atoms with van der Waals surface area (Å²) in [4.78, 5) is 4.88. The van der Waals surface area contributed by atoms with Crippen LogP contribution in [0.3, 0.4) is 0 Å². The van der Waals surface area contributed by atoms with Gasteiger partial charge in [0.05, 0.1) is 17.6 Å². The van der Waals surface area contributed by atoms with Crippen molar-refractivity contribution in [3.63, 3.8) is 0 Å². The first-order valence-corrected chi connectivity index (χ1v) is 10.0. The number of imidazole rings is 1. The fourth-order valence-corrected chi connectivity index (χ4v) is 3.50. The molecule has 3 aromatic carbocycles. The van der Waals surface area contributed by atoms with Gasteiger partial charge in [-0.2, -0.15) is 0 Å². The average molecular weight is 391 g/mol. The van der Waals surface area contributed by atoms with Crippen molar-refractivity contribution < 1.29 is 4.74 Å². The van der Waals surface area contributed by atoms with E-state index in [0.717, 1.165) is 54.5 Å². The van der Waals surface area contributed by atoms with Gasteiger partial charge in [-0.05, 0) is 54.8 Å². The van der Waals surface area contributed by atoms with E-state index in [0.29, 0.717) is 0 Å². The van der Waals surface area contributed by atoms with Crippen LogP contribution in [0.4, 0.5) is 0 Å². The minimum atomic E-state index is 0.725. The molecule has 0 amide bonds. The van der Waals surface area contributed by atoms with E-state index in [1.54, 1.807) is 0 Å². The van der Waals surface area contributed by atoms with E-state index in [2.05, 4.69) is 34.9 Å². The van der Waals surface area contributed by atoms with Crippen molar-refractivity contribution in [2.45, 2.75) is 25.8 Å². The fraction of sp³-hybridized carbons (Fsp3) is 0.208. The first-order chi connectivity index (χ1) is 13.8. The summed E-state index contributed by atoms with van der Waals surface area (Å²) >= 11 is 6.02. The van der Waals surface area contributed by atoms with Crippen molar-refractivity contribution in [3.05, 3.63) is 95.3 Å². The van der Waals surface area contributed by atoms with E-state index in [9.17, 15) is 0 Å². The molecule has 4 heteroatoms. The van der Waals surface area contributed by atoms with Crippen molar-refractivity contribution in [1.29, 1.82) is 0 Å². The van der Waals surface area contributed by atoms with E-state index in [1.165, 1.54) is 11.1 Å². The van der Waals surface area contributed by atoms with E-state index in [4.69, 9.17) is 21.3 Å². The number of fused-ring (bicyclic) bond motifs is 1. The van der Waals surface area contributed by atoms with Crippen LogP contribution in [-0.2, 0) is 13.0 Å². The van der Waals surface area contributed by atoms with Crippen LogP contribution < -0.4 is 4.74 Å². The van der Waals surface area contributed by atoms with Crippen molar-refractivity contribution >= 4 is 22.6 Å². The monoisotopic (exact) mass is 390 g/mol. The third-order valence-corrected chi connectivity index (χ3v) is 5.05. The van der Waals surface area contributed by atoms with Gasteiger partial charge in [0.15, 0.2) is 0 Å². The molecule has 0 radical (unpaired) electrons. The molecule has 0 bridgehead atoms. The molecule has 0 spiro atoms. The molecule has 3 nitrogen and oxygen atoms in total. The maximum atomic E-state index is 6.02. The molecule has 0 aliphatic heterocycles. The summed E-state index contributed by atoms with van der Waals surface area (Å²) in [5.41, 5.74) is 3.45. The second-order valence-corrected chi connectivity index (χ2v) is 7.28. The van der Waals surface area contributed by atoms with Crippen LogP contribution in [0.25, 0.3) is 11.0 Å². The minimum Gasteiger partial charge on any atom is -0.494 e. The number of hydrogen-bond donors (Lipinski definition) is 0. The summed E-state index contributed by atoms with van der Waals surface area (Å²) in [7, 11) is 0. The summed E-state index contributed by atoms with van der Waals surface area (Å²) < 4.78 is 8.15. The predicted octanol–water partition coefficient (Wildman–Crippen LogP) is 6.14. The molecule has 142 valence electrons.